The Bertz CT molecular complexity index is 848. The van der Waals surface area contributed by atoms with Gasteiger partial charge in [0.05, 0.1) is 6.10 Å². The van der Waals surface area contributed by atoms with Crippen molar-refractivity contribution in [2.45, 2.75) is 117 Å². The molecule has 0 spiro atoms. The normalized spacial score (nSPS) is 36.3. The lowest BCUT2D eigenvalue weighted by atomic mass is 9.60. The van der Waals surface area contributed by atoms with Crippen LogP contribution in [0, 0.1) is 23.2 Å². The van der Waals surface area contributed by atoms with Gasteiger partial charge < -0.3 is 9.84 Å². The monoisotopic (exact) mass is 445 g/mol. The number of fused-ring (bicyclic) bond motifs is 1. The Balaban J connectivity index is 1.76. The van der Waals surface area contributed by atoms with Crippen molar-refractivity contribution >= 4 is 5.97 Å². The van der Waals surface area contributed by atoms with Gasteiger partial charge in [0.15, 0.2) is 0 Å². The molecule has 0 aromatic rings. The summed E-state index contributed by atoms with van der Waals surface area (Å²) in [5.74, 6) is 0.265. The molecule has 3 aliphatic rings. The van der Waals surface area contributed by atoms with Gasteiger partial charge in [-0.15, -0.1) is 0 Å². The minimum absolute atomic E-state index is 0.0701. The molecule has 3 aliphatic carbocycles. The average molecular weight is 446 g/mol. The second-order valence-electron chi connectivity index (χ2n) is 11.5. The Hall–Kier alpha value is -1.35. The number of aliphatic hydroxyl groups excluding tert-OH is 1. The number of esters is 1. The molecular weight excluding hydrogens is 396 g/mol. The molecule has 3 rings (SSSR count). The van der Waals surface area contributed by atoms with Crippen LogP contribution in [-0.2, 0) is 9.53 Å². The molecule has 0 aromatic carbocycles. The lowest BCUT2D eigenvalue weighted by molar-refractivity contribution is -0.155. The summed E-state index contributed by atoms with van der Waals surface area (Å²) in [5, 5.41) is 10.1. The summed E-state index contributed by atoms with van der Waals surface area (Å²) >= 11 is 0. The molecule has 180 valence electrons. The first-order chi connectivity index (χ1) is 16.2. The summed E-state index contributed by atoms with van der Waals surface area (Å²) in [6, 6.07) is 0. The zero-order valence-electron chi connectivity index (χ0n) is 23.7. The van der Waals surface area contributed by atoms with Crippen LogP contribution in [-0.4, -0.2) is 22.8 Å². The number of carbonyl (C=O) groups is 1. The van der Waals surface area contributed by atoms with Crippen molar-refractivity contribution in [3.63, 3.8) is 0 Å². The summed E-state index contributed by atoms with van der Waals surface area (Å²) in [6.07, 6.45) is 12.6. The standard InChI is InChI=1S/C29H46O3/c1-20-12-15-24(30)19-23(20)14-13-22-10-8-18-29(6)25(16-17-26(22)29)21(2)9-7-11-27(31)32-28(3,4)5/h13-14,21,24-26,30H,1,7-12,15-19H2,2-6H3/b22-13+,23-14-/t21-,24-,25-,26+,29-/m1/s1/i6D3. The second-order valence-corrected chi connectivity index (χ2v) is 11.5. The Labute approximate surface area is 200 Å². The highest BCUT2D eigenvalue weighted by Gasteiger charge is 2.50. The Morgan fingerprint density at radius 3 is 2.81 bits per heavy atom. The number of rotatable bonds is 6. The maximum atomic E-state index is 12.2. The molecule has 5 atom stereocenters. The number of hydrogen-bond donors (Lipinski definition) is 1. The molecule has 3 nitrogen and oxygen atoms in total. The van der Waals surface area contributed by atoms with Crippen LogP contribution in [0.25, 0.3) is 0 Å². The second kappa shape index (κ2) is 10.3. The van der Waals surface area contributed by atoms with Gasteiger partial charge in [0.25, 0.3) is 0 Å². The largest absolute Gasteiger partial charge is 0.460 e. The van der Waals surface area contributed by atoms with Gasteiger partial charge in [-0.1, -0.05) is 43.7 Å². The van der Waals surface area contributed by atoms with Crippen LogP contribution in [0.15, 0.2) is 35.5 Å². The lowest BCUT2D eigenvalue weighted by Crippen LogP contribution is -2.36. The van der Waals surface area contributed by atoms with Crippen molar-refractivity contribution in [1.29, 1.82) is 0 Å². The van der Waals surface area contributed by atoms with Crippen LogP contribution >= 0.6 is 0 Å². The summed E-state index contributed by atoms with van der Waals surface area (Å²) in [7, 11) is 0. The van der Waals surface area contributed by atoms with E-state index in [2.05, 4.69) is 25.7 Å². The van der Waals surface area contributed by atoms with Gasteiger partial charge in [0.1, 0.15) is 5.60 Å². The highest BCUT2D eigenvalue weighted by Crippen LogP contribution is 2.59. The zero-order valence-corrected chi connectivity index (χ0v) is 20.7. The lowest BCUT2D eigenvalue weighted by Gasteiger charge is -2.44. The quantitative estimate of drug-likeness (QED) is 0.436. The van der Waals surface area contributed by atoms with E-state index in [9.17, 15) is 9.90 Å². The fourth-order valence-corrected chi connectivity index (χ4v) is 6.30. The van der Waals surface area contributed by atoms with E-state index in [1.165, 1.54) is 5.57 Å². The summed E-state index contributed by atoms with van der Waals surface area (Å²) in [6.45, 7) is 9.98. The predicted molar refractivity (Wildman–Crippen MR) is 132 cm³/mol. The number of ether oxygens (including phenoxy) is 1. The third-order valence-corrected chi connectivity index (χ3v) is 7.89. The first-order valence-corrected chi connectivity index (χ1v) is 12.7. The molecule has 0 bridgehead atoms. The molecule has 0 unspecified atom stereocenters. The van der Waals surface area contributed by atoms with E-state index in [0.717, 1.165) is 68.9 Å². The van der Waals surface area contributed by atoms with E-state index >= 15 is 0 Å². The van der Waals surface area contributed by atoms with E-state index in [0.29, 0.717) is 12.8 Å². The molecule has 0 aromatic heterocycles. The van der Waals surface area contributed by atoms with E-state index in [1.54, 1.807) is 0 Å². The van der Waals surface area contributed by atoms with Crippen LogP contribution < -0.4 is 0 Å². The maximum Gasteiger partial charge on any atom is 0.306 e. The van der Waals surface area contributed by atoms with Crippen LogP contribution in [0.4, 0.5) is 0 Å². The fraction of sp³-hybridized carbons (Fsp3) is 0.759. The van der Waals surface area contributed by atoms with Crippen molar-refractivity contribution in [2.24, 2.45) is 23.2 Å². The highest BCUT2D eigenvalue weighted by atomic mass is 16.6. The Kier molecular flexibility index (Phi) is 6.81. The van der Waals surface area contributed by atoms with Crippen LogP contribution in [0.5, 0.6) is 0 Å². The molecule has 3 saturated carbocycles. The maximum absolute atomic E-state index is 12.2. The molecular formula is C29H46O3. The van der Waals surface area contributed by atoms with Gasteiger partial charge in [-0.05, 0) is 114 Å². The van der Waals surface area contributed by atoms with E-state index in [4.69, 9.17) is 8.85 Å². The molecule has 3 heteroatoms. The van der Waals surface area contributed by atoms with Crippen molar-refractivity contribution in [3.8, 4) is 0 Å². The predicted octanol–water partition coefficient (Wildman–Crippen LogP) is 7.30. The SMILES string of the molecule is [2H]C([2H])([2H])[C@]12CCC/C(=C\C=C3\C[C@H](O)CCC3=C)[C@@H]1CC[C@@H]2[C@H](C)CCCC(=O)OC(C)(C)C. The van der Waals surface area contributed by atoms with Crippen LogP contribution in [0.2, 0.25) is 0 Å². The van der Waals surface area contributed by atoms with E-state index < -0.39 is 17.9 Å². The number of aliphatic hydroxyl groups is 1. The summed E-state index contributed by atoms with van der Waals surface area (Å²) in [5.41, 5.74) is 2.29. The van der Waals surface area contributed by atoms with E-state index in [1.807, 2.05) is 20.8 Å². The number of carbonyl (C=O) groups excluding carboxylic acids is 1. The summed E-state index contributed by atoms with van der Waals surface area (Å²) < 4.78 is 31.4. The molecule has 0 saturated heterocycles. The highest BCUT2D eigenvalue weighted by molar-refractivity contribution is 5.69. The minimum Gasteiger partial charge on any atom is -0.460 e. The molecule has 1 N–H and O–H groups in total. The average Bonchev–Trinajstić information content (AvgIpc) is 3.14. The molecule has 0 aliphatic heterocycles. The third-order valence-electron chi connectivity index (χ3n) is 7.89. The number of hydrogen-bond acceptors (Lipinski definition) is 3. The molecule has 0 amide bonds. The minimum atomic E-state index is -2.02. The fourth-order valence-electron chi connectivity index (χ4n) is 6.30. The smallest absolute Gasteiger partial charge is 0.306 e. The first kappa shape index (κ1) is 21.2. The Morgan fingerprint density at radius 2 is 2.09 bits per heavy atom. The van der Waals surface area contributed by atoms with Gasteiger partial charge in [-0.2, -0.15) is 0 Å². The van der Waals surface area contributed by atoms with Crippen LogP contribution in [0.1, 0.15) is 109 Å². The van der Waals surface area contributed by atoms with Crippen molar-refractivity contribution in [2.75, 3.05) is 0 Å². The van der Waals surface area contributed by atoms with Crippen molar-refractivity contribution in [3.05, 3.63) is 35.5 Å². The zero-order chi connectivity index (χ0) is 26.0. The van der Waals surface area contributed by atoms with Gasteiger partial charge in [0, 0.05) is 10.5 Å². The molecule has 0 radical (unpaired) electrons. The van der Waals surface area contributed by atoms with Crippen molar-refractivity contribution in [1.82, 2.24) is 0 Å². The van der Waals surface area contributed by atoms with Gasteiger partial charge in [-0.3, -0.25) is 4.79 Å². The first-order valence-electron chi connectivity index (χ1n) is 14.2. The Morgan fingerprint density at radius 1 is 1.31 bits per heavy atom. The number of allylic oxidation sites excluding steroid dienone is 4. The molecule has 32 heavy (non-hydrogen) atoms. The van der Waals surface area contributed by atoms with Gasteiger partial charge in [0.2, 0.25) is 0 Å². The van der Waals surface area contributed by atoms with E-state index in [-0.39, 0.29) is 29.8 Å². The van der Waals surface area contributed by atoms with Gasteiger partial charge >= 0.3 is 5.97 Å². The topological polar surface area (TPSA) is 46.5 Å². The van der Waals surface area contributed by atoms with Gasteiger partial charge in [-0.25, -0.2) is 0 Å². The van der Waals surface area contributed by atoms with Crippen molar-refractivity contribution < 1.29 is 18.8 Å². The molecule has 3 fully saturated rings. The van der Waals surface area contributed by atoms with Crippen LogP contribution in [0.3, 0.4) is 0 Å². The molecule has 0 heterocycles. The summed E-state index contributed by atoms with van der Waals surface area (Å²) in [4.78, 5) is 12.2. The third kappa shape index (κ3) is 6.16.